The van der Waals surface area contributed by atoms with Crippen molar-refractivity contribution < 1.29 is 18.0 Å². The molecule has 20 heavy (non-hydrogen) atoms. The second-order valence-corrected chi connectivity index (χ2v) is 4.82. The molecule has 110 valence electrons. The molecule has 1 atom stereocenters. The van der Waals surface area contributed by atoms with Gasteiger partial charge in [-0.15, -0.1) is 0 Å². The quantitative estimate of drug-likeness (QED) is 0.768. The summed E-state index contributed by atoms with van der Waals surface area (Å²) in [7, 11) is 0. The Hall–Kier alpha value is -1.83. The first kappa shape index (κ1) is 14.6. The number of hydrogen-bond acceptors (Lipinski definition) is 3. The van der Waals surface area contributed by atoms with Crippen molar-refractivity contribution in [2.45, 2.75) is 25.1 Å². The van der Waals surface area contributed by atoms with Gasteiger partial charge in [0, 0.05) is 12.6 Å². The summed E-state index contributed by atoms with van der Waals surface area (Å²) < 4.78 is 37.1. The van der Waals surface area contributed by atoms with Gasteiger partial charge in [-0.25, -0.2) is 0 Å². The van der Waals surface area contributed by atoms with Crippen molar-refractivity contribution in [3.05, 3.63) is 33.7 Å². The SMILES string of the molecule is NC(CNC(=O)c1ccc(C(F)(F)F)[nH]c1=O)C1CC1. The molecule has 1 aromatic heterocycles. The third-order valence-electron chi connectivity index (χ3n) is 3.19. The second kappa shape index (κ2) is 5.28. The van der Waals surface area contributed by atoms with E-state index in [4.69, 9.17) is 5.73 Å². The number of aromatic nitrogens is 1. The molecule has 0 bridgehead atoms. The Morgan fingerprint density at radius 2 is 2.10 bits per heavy atom. The van der Waals surface area contributed by atoms with Gasteiger partial charge >= 0.3 is 6.18 Å². The normalized spacial score (nSPS) is 16.8. The largest absolute Gasteiger partial charge is 0.431 e. The van der Waals surface area contributed by atoms with Gasteiger partial charge in [-0.2, -0.15) is 13.2 Å². The predicted molar refractivity (Wildman–Crippen MR) is 65.1 cm³/mol. The number of halogens is 3. The molecule has 0 saturated heterocycles. The summed E-state index contributed by atoms with van der Waals surface area (Å²) in [6.07, 6.45) is -2.63. The van der Waals surface area contributed by atoms with Gasteiger partial charge in [0.2, 0.25) is 0 Å². The standard InChI is InChI=1S/C12H14F3N3O2/c13-12(14,15)9-4-3-7(11(20)18-9)10(19)17-5-8(16)6-1-2-6/h3-4,6,8H,1-2,5,16H2,(H,17,19)(H,18,20). The van der Waals surface area contributed by atoms with E-state index in [2.05, 4.69) is 5.32 Å². The van der Waals surface area contributed by atoms with Crippen LogP contribution in [-0.4, -0.2) is 23.5 Å². The molecule has 1 saturated carbocycles. The Bertz CT molecular complexity index is 564. The molecule has 1 fully saturated rings. The molecule has 1 aliphatic rings. The number of alkyl halides is 3. The minimum Gasteiger partial charge on any atom is -0.350 e. The molecule has 0 aliphatic heterocycles. The van der Waals surface area contributed by atoms with Crippen LogP contribution in [0.15, 0.2) is 16.9 Å². The minimum absolute atomic E-state index is 0.188. The van der Waals surface area contributed by atoms with Gasteiger partial charge in [-0.3, -0.25) is 9.59 Å². The van der Waals surface area contributed by atoms with Crippen molar-refractivity contribution in [1.29, 1.82) is 0 Å². The van der Waals surface area contributed by atoms with Crippen molar-refractivity contribution in [3.63, 3.8) is 0 Å². The minimum atomic E-state index is -4.65. The fourth-order valence-corrected chi connectivity index (χ4v) is 1.81. The van der Waals surface area contributed by atoms with E-state index >= 15 is 0 Å². The van der Waals surface area contributed by atoms with Gasteiger partial charge in [0.1, 0.15) is 11.3 Å². The average molecular weight is 289 g/mol. The number of carbonyl (C=O) groups is 1. The lowest BCUT2D eigenvalue weighted by atomic mass is 10.2. The van der Waals surface area contributed by atoms with Crippen LogP contribution in [0.4, 0.5) is 13.2 Å². The molecular weight excluding hydrogens is 275 g/mol. The molecule has 8 heteroatoms. The summed E-state index contributed by atoms with van der Waals surface area (Å²) in [5, 5.41) is 2.45. The van der Waals surface area contributed by atoms with Crippen molar-refractivity contribution in [2.24, 2.45) is 11.7 Å². The number of H-pyrrole nitrogens is 1. The summed E-state index contributed by atoms with van der Waals surface area (Å²) in [5.41, 5.74) is 3.16. The van der Waals surface area contributed by atoms with Gasteiger partial charge in [0.25, 0.3) is 11.5 Å². The lowest BCUT2D eigenvalue weighted by molar-refractivity contribution is -0.141. The van der Waals surface area contributed by atoms with Crippen molar-refractivity contribution >= 4 is 5.91 Å². The summed E-state index contributed by atoms with van der Waals surface area (Å²) in [6, 6.07) is 1.34. The van der Waals surface area contributed by atoms with E-state index in [9.17, 15) is 22.8 Å². The number of hydrogen-bond donors (Lipinski definition) is 3. The molecular formula is C12H14F3N3O2. The molecule has 1 aromatic rings. The van der Waals surface area contributed by atoms with Crippen LogP contribution in [0.25, 0.3) is 0 Å². The Morgan fingerprint density at radius 3 is 2.60 bits per heavy atom. The topological polar surface area (TPSA) is 88.0 Å². The summed E-state index contributed by atoms with van der Waals surface area (Å²) >= 11 is 0. The zero-order chi connectivity index (χ0) is 14.9. The molecule has 0 radical (unpaired) electrons. The maximum atomic E-state index is 12.4. The molecule has 5 nitrogen and oxygen atoms in total. The van der Waals surface area contributed by atoms with Gasteiger partial charge in [0.05, 0.1) is 0 Å². The lowest BCUT2D eigenvalue weighted by Gasteiger charge is -2.11. The highest BCUT2D eigenvalue weighted by Gasteiger charge is 2.32. The number of nitrogens with two attached hydrogens (primary N) is 1. The van der Waals surface area contributed by atoms with Crippen LogP contribution >= 0.6 is 0 Å². The number of rotatable bonds is 4. The zero-order valence-corrected chi connectivity index (χ0v) is 10.5. The molecule has 1 heterocycles. The molecule has 1 unspecified atom stereocenters. The number of carbonyl (C=O) groups excluding carboxylic acids is 1. The number of amides is 1. The van der Waals surface area contributed by atoms with E-state index < -0.39 is 23.3 Å². The monoisotopic (exact) mass is 289 g/mol. The highest BCUT2D eigenvalue weighted by molar-refractivity contribution is 5.93. The smallest absolute Gasteiger partial charge is 0.350 e. The third-order valence-corrected chi connectivity index (χ3v) is 3.19. The van der Waals surface area contributed by atoms with Crippen LogP contribution in [-0.2, 0) is 6.18 Å². The average Bonchev–Trinajstić information content (AvgIpc) is 3.18. The van der Waals surface area contributed by atoms with Crippen LogP contribution < -0.4 is 16.6 Å². The van der Waals surface area contributed by atoms with Gasteiger partial charge in [-0.1, -0.05) is 0 Å². The molecule has 0 aromatic carbocycles. The maximum absolute atomic E-state index is 12.4. The lowest BCUT2D eigenvalue weighted by Crippen LogP contribution is -2.40. The molecule has 4 N–H and O–H groups in total. The highest BCUT2D eigenvalue weighted by atomic mass is 19.4. The van der Waals surface area contributed by atoms with Crippen LogP contribution in [0.1, 0.15) is 28.9 Å². The number of pyridine rings is 1. The summed E-state index contributed by atoms with van der Waals surface area (Å²) in [4.78, 5) is 24.8. The second-order valence-electron chi connectivity index (χ2n) is 4.82. The van der Waals surface area contributed by atoms with E-state index in [1.807, 2.05) is 0 Å². The third kappa shape index (κ3) is 3.38. The predicted octanol–water partition coefficient (Wildman–Crippen LogP) is 0.861. The fraction of sp³-hybridized carbons (Fsp3) is 0.500. The van der Waals surface area contributed by atoms with E-state index in [0.717, 1.165) is 18.9 Å². The molecule has 2 rings (SSSR count). The van der Waals surface area contributed by atoms with Crippen LogP contribution in [0.2, 0.25) is 0 Å². The fourth-order valence-electron chi connectivity index (χ4n) is 1.81. The van der Waals surface area contributed by atoms with E-state index in [1.54, 1.807) is 4.98 Å². The van der Waals surface area contributed by atoms with Crippen LogP contribution in [0, 0.1) is 5.92 Å². The van der Waals surface area contributed by atoms with Crippen molar-refractivity contribution in [2.75, 3.05) is 6.54 Å². The van der Waals surface area contributed by atoms with E-state index in [-0.39, 0.29) is 18.2 Å². The first-order chi connectivity index (χ1) is 9.29. The summed E-state index contributed by atoms with van der Waals surface area (Å²) in [6.45, 7) is 0.198. The van der Waals surface area contributed by atoms with Gasteiger partial charge in [0.15, 0.2) is 0 Å². The molecule has 1 amide bonds. The van der Waals surface area contributed by atoms with Crippen LogP contribution in [0.5, 0.6) is 0 Å². The van der Waals surface area contributed by atoms with Crippen molar-refractivity contribution in [3.8, 4) is 0 Å². The maximum Gasteiger partial charge on any atom is 0.431 e. The first-order valence-corrected chi connectivity index (χ1v) is 6.13. The number of aromatic amines is 1. The number of nitrogens with one attached hydrogen (secondary N) is 2. The Morgan fingerprint density at radius 1 is 1.45 bits per heavy atom. The van der Waals surface area contributed by atoms with Crippen LogP contribution in [0.3, 0.4) is 0 Å². The molecule has 1 aliphatic carbocycles. The molecule has 0 spiro atoms. The van der Waals surface area contributed by atoms with Gasteiger partial charge < -0.3 is 16.0 Å². The Labute approximate surface area is 112 Å². The van der Waals surface area contributed by atoms with Crippen molar-refractivity contribution in [1.82, 2.24) is 10.3 Å². The first-order valence-electron chi connectivity index (χ1n) is 6.13. The zero-order valence-electron chi connectivity index (χ0n) is 10.5. The van der Waals surface area contributed by atoms with Gasteiger partial charge in [-0.05, 0) is 30.9 Å². The van der Waals surface area contributed by atoms with E-state index in [0.29, 0.717) is 12.0 Å². The highest BCUT2D eigenvalue weighted by Crippen LogP contribution is 2.31. The Balaban J connectivity index is 2.04. The Kier molecular flexibility index (Phi) is 3.85. The van der Waals surface area contributed by atoms with E-state index in [1.165, 1.54) is 0 Å². The summed E-state index contributed by atoms with van der Waals surface area (Å²) in [5.74, 6) is -0.350.